The number of aromatic nitrogens is 4. The first-order valence-corrected chi connectivity index (χ1v) is 7.04. The number of hydrogen-bond donors (Lipinski definition) is 2. The molecule has 4 heterocycles. The number of nitrogens with one attached hydrogen (secondary N) is 2. The summed E-state index contributed by atoms with van der Waals surface area (Å²) in [7, 11) is 0. The van der Waals surface area contributed by atoms with E-state index in [9.17, 15) is 0 Å². The Bertz CT molecular complexity index is 801. The highest BCUT2D eigenvalue weighted by Gasteiger charge is 2.14. The molecule has 0 amide bonds. The van der Waals surface area contributed by atoms with Crippen LogP contribution in [0.25, 0.3) is 16.6 Å². The highest BCUT2D eigenvalue weighted by Crippen LogP contribution is 2.20. The Morgan fingerprint density at radius 1 is 1.33 bits per heavy atom. The molecule has 106 valence electrons. The fraction of sp³-hybridized carbons (Fsp3) is 0.267. The largest absolute Gasteiger partial charge is 0.346 e. The molecule has 21 heavy (non-hydrogen) atoms. The third-order valence-corrected chi connectivity index (χ3v) is 3.66. The molecule has 3 aromatic rings. The molecule has 1 aliphatic heterocycles. The lowest BCUT2D eigenvalue weighted by atomic mass is 10.1. The lowest BCUT2D eigenvalue weighted by Gasteiger charge is -2.09. The predicted octanol–water partition coefficient (Wildman–Crippen LogP) is 1.91. The number of H-pyrrole nitrogens is 1. The number of rotatable bonds is 3. The van der Waals surface area contributed by atoms with Gasteiger partial charge in [0.1, 0.15) is 5.65 Å². The van der Waals surface area contributed by atoms with Gasteiger partial charge in [0, 0.05) is 36.3 Å². The summed E-state index contributed by atoms with van der Waals surface area (Å²) in [5.74, 6) is 1.32. The van der Waals surface area contributed by atoms with Crippen LogP contribution in [0.15, 0.2) is 35.1 Å². The molecule has 0 atom stereocenters. The number of aromatic amines is 1. The first-order valence-electron chi connectivity index (χ1n) is 7.04. The molecule has 0 fully saturated rings. The van der Waals surface area contributed by atoms with E-state index in [1.54, 1.807) is 6.20 Å². The minimum atomic E-state index is 0.621. The van der Waals surface area contributed by atoms with Crippen LogP contribution in [0.5, 0.6) is 0 Å². The SMILES string of the molecule is C1=C(c2nc(Cc3c[nH]c4ncccc34)no2)CNCC1. The van der Waals surface area contributed by atoms with Gasteiger partial charge in [0.15, 0.2) is 5.82 Å². The van der Waals surface area contributed by atoms with E-state index in [2.05, 4.69) is 31.5 Å². The second kappa shape index (κ2) is 5.14. The van der Waals surface area contributed by atoms with Gasteiger partial charge in [-0.3, -0.25) is 0 Å². The van der Waals surface area contributed by atoms with Crippen molar-refractivity contribution in [3.63, 3.8) is 0 Å². The standard InChI is InChI=1S/C15H15N5O/c1-3-10(8-16-5-1)15-19-13(20-21-15)7-11-9-18-14-12(11)4-2-6-17-14/h2-4,6,9,16H,1,5,7-8H2,(H,17,18). The Labute approximate surface area is 121 Å². The predicted molar refractivity (Wildman–Crippen MR) is 78.7 cm³/mol. The molecule has 0 unspecified atom stereocenters. The Morgan fingerprint density at radius 3 is 3.24 bits per heavy atom. The van der Waals surface area contributed by atoms with Gasteiger partial charge in [0.25, 0.3) is 5.89 Å². The third-order valence-electron chi connectivity index (χ3n) is 3.66. The fourth-order valence-electron chi connectivity index (χ4n) is 2.59. The molecule has 0 aliphatic carbocycles. The summed E-state index contributed by atoms with van der Waals surface area (Å²) in [6.45, 7) is 1.80. The minimum absolute atomic E-state index is 0.621. The zero-order valence-electron chi connectivity index (χ0n) is 11.5. The molecule has 0 spiro atoms. The van der Waals surface area contributed by atoms with Crippen LogP contribution in [0.3, 0.4) is 0 Å². The van der Waals surface area contributed by atoms with Gasteiger partial charge in [-0.25, -0.2) is 4.98 Å². The zero-order valence-corrected chi connectivity index (χ0v) is 11.5. The van der Waals surface area contributed by atoms with Gasteiger partial charge >= 0.3 is 0 Å². The molecule has 0 saturated carbocycles. The molecule has 6 nitrogen and oxygen atoms in total. The summed E-state index contributed by atoms with van der Waals surface area (Å²) in [6.07, 6.45) is 7.52. The molecule has 0 bridgehead atoms. The Kier molecular flexibility index (Phi) is 3.01. The van der Waals surface area contributed by atoms with Crippen molar-refractivity contribution in [1.29, 1.82) is 0 Å². The monoisotopic (exact) mass is 281 g/mol. The van der Waals surface area contributed by atoms with E-state index in [1.165, 1.54) is 0 Å². The summed E-state index contributed by atoms with van der Waals surface area (Å²) in [5, 5.41) is 8.49. The molecule has 0 radical (unpaired) electrons. The van der Waals surface area contributed by atoms with Gasteiger partial charge in [-0.05, 0) is 30.7 Å². The number of fused-ring (bicyclic) bond motifs is 1. The maximum absolute atomic E-state index is 5.37. The second-order valence-electron chi connectivity index (χ2n) is 5.10. The van der Waals surface area contributed by atoms with E-state index in [1.807, 2.05) is 18.3 Å². The lowest BCUT2D eigenvalue weighted by Crippen LogP contribution is -2.21. The van der Waals surface area contributed by atoms with E-state index in [4.69, 9.17) is 4.52 Å². The van der Waals surface area contributed by atoms with Crippen molar-refractivity contribution in [3.05, 3.63) is 47.9 Å². The number of hydrogen-bond acceptors (Lipinski definition) is 5. The van der Waals surface area contributed by atoms with Crippen molar-refractivity contribution in [3.8, 4) is 0 Å². The van der Waals surface area contributed by atoms with Crippen LogP contribution in [0, 0.1) is 0 Å². The van der Waals surface area contributed by atoms with Crippen molar-refractivity contribution in [1.82, 2.24) is 25.4 Å². The first kappa shape index (κ1) is 12.3. The third kappa shape index (κ3) is 2.34. The van der Waals surface area contributed by atoms with Crippen molar-refractivity contribution in [2.75, 3.05) is 13.1 Å². The maximum atomic E-state index is 5.37. The van der Waals surface area contributed by atoms with Crippen LogP contribution in [0.1, 0.15) is 23.7 Å². The van der Waals surface area contributed by atoms with Crippen LogP contribution < -0.4 is 5.32 Å². The van der Waals surface area contributed by atoms with E-state index in [0.717, 1.165) is 41.7 Å². The van der Waals surface area contributed by atoms with E-state index >= 15 is 0 Å². The van der Waals surface area contributed by atoms with E-state index < -0.39 is 0 Å². The maximum Gasteiger partial charge on any atom is 0.254 e. The van der Waals surface area contributed by atoms with Crippen molar-refractivity contribution >= 4 is 16.6 Å². The summed E-state index contributed by atoms with van der Waals surface area (Å²) < 4.78 is 5.37. The highest BCUT2D eigenvalue weighted by molar-refractivity contribution is 5.79. The van der Waals surface area contributed by atoms with Crippen molar-refractivity contribution in [2.24, 2.45) is 0 Å². The van der Waals surface area contributed by atoms with Gasteiger partial charge in [-0.2, -0.15) is 4.98 Å². The first-order chi connectivity index (χ1) is 10.4. The van der Waals surface area contributed by atoms with Gasteiger partial charge in [-0.1, -0.05) is 11.2 Å². The molecule has 1 aliphatic rings. The highest BCUT2D eigenvalue weighted by atomic mass is 16.5. The minimum Gasteiger partial charge on any atom is -0.346 e. The molecule has 3 aromatic heterocycles. The second-order valence-corrected chi connectivity index (χ2v) is 5.10. The summed E-state index contributed by atoms with van der Waals surface area (Å²) >= 11 is 0. The van der Waals surface area contributed by atoms with Gasteiger partial charge in [-0.15, -0.1) is 0 Å². The lowest BCUT2D eigenvalue weighted by molar-refractivity contribution is 0.399. The van der Waals surface area contributed by atoms with Crippen LogP contribution in [-0.4, -0.2) is 33.2 Å². The van der Waals surface area contributed by atoms with Gasteiger partial charge < -0.3 is 14.8 Å². The number of nitrogens with zero attached hydrogens (tertiary/aromatic N) is 3. The van der Waals surface area contributed by atoms with E-state index in [-0.39, 0.29) is 0 Å². The topological polar surface area (TPSA) is 79.6 Å². The van der Waals surface area contributed by atoms with Crippen LogP contribution in [0.2, 0.25) is 0 Å². The van der Waals surface area contributed by atoms with Gasteiger partial charge in [0.05, 0.1) is 0 Å². The quantitative estimate of drug-likeness (QED) is 0.766. The Hall–Kier alpha value is -2.47. The van der Waals surface area contributed by atoms with E-state index in [0.29, 0.717) is 18.1 Å². The molecular weight excluding hydrogens is 266 g/mol. The average Bonchev–Trinajstić information content (AvgIpc) is 3.17. The summed E-state index contributed by atoms with van der Waals surface area (Å²) in [6, 6.07) is 3.97. The molecule has 0 aromatic carbocycles. The fourth-order valence-corrected chi connectivity index (χ4v) is 2.59. The van der Waals surface area contributed by atoms with Crippen LogP contribution >= 0.6 is 0 Å². The molecule has 6 heteroatoms. The Morgan fingerprint density at radius 2 is 2.33 bits per heavy atom. The van der Waals surface area contributed by atoms with Gasteiger partial charge in [0.2, 0.25) is 0 Å². The number of pyridine rings is 1. The smallest absolute Gasteiger partial charge is 0.254 e. The van der Waals surface area contributed by atoms with Crippen LogP contribution in [-0.2, 0) is 6.42 Å². The van der Waals surface area contributed by atoms with Crippen LogP contribution in [0.4, 0.5) is 0 Å². The normalized spacial score (nSPS) is 15.3. The zero-order chi connectivity index (χ0) is 14.1. The Balaban J connectivity index is 1.60. The molecule has 0 saturated heterocycles. The summed E-state index contributed by atoms with van der Waals surface area (Å²) in [5.41, 5.74) is 3.09. The molecule has 4 rings (SSSR count). The van der Waals surface area contributed by atoms with Crippen molar-refractivity contribution < 1.29 is 4.52 Å². The molecule has 2 N–H and O–H groups in total. The molecular formula is C15H15N5O. The summed E-state index contributed by atoms with van der Waals surface area (Å²) in [4.78, 5) is 11.9. The average molecular weight is 281 g/mol. The van der Waals surface area contributed by atoms with Crippen molar-refractivity contribution in [2.45, 2.75) is 12.8 Å².